The van der Waals surface area contributed by atoms with Gasteiger partial charge in [-0.15, -0.1) is 5.10 Å². The molecule has 9 nitrogen and oxygen atoms in total. The largest absolute Gasteiger partial charge is 0.497 e. The number of hydrogen-bond acceptors (Lipinski definition) is 6. The molecule has 3 rings (SSSR count). The van der Waals surface area contributed by atoms with Gasteiger partial charge in [-0.05, 0) is 44.7 Å². The monoisotopic (exact) mass is 429 g/mol. The van der Waals surface area contributed by atoms with Gasteiger partial charge < -0.3 is 19.3 Å². The zero-order valence-corrected chi connectivity index (χ0v) is 18.7. The van der Waals surface area contributed by atoms with E-state index in [4.69, 9.17) is 9.47 Å². The lowest BCUT2D eigenvalue weighted by Gasteiger charge is -2.32. The third-order valence-electron chi connectivity index (χ3n) is 5.66. The van der Waals surface area contributed by atoms with Gasteiger partial charge in [0, 0.05) is 44.4 Å². The number of likely N-dealkylation sites (tertiary alicyclic amines) is 1. The maximum absolute atomic E-state index is 13.1. The van der Waals surface area contributed by atoms with E-state index in [-0.39, 0.29) is 17.7 Å². The number of amides is 2. The maximum atomic E-state index is 13.1. The van der Waals surface area contributed by atoms with E-state index in [1.807, 2.05) is 18.7 Å². The summed E-state index contributed by atoms with van der Waals surface area (Å²) in [6, 6.07) is 5.21. The molecule has 1 aliphatic heterocycles. The molecule has 2 heterocycles. The van der Waals surface area contributed by atoms with Gasteiger partial charge in [0.25, 0.3) is 11.8 Å². The lowest BCUT2D eigenvalue weighted by atomic mass is 9.97. The van der Waals surface area contributed by atoms with Crippen molar-refractivity contribution in [3.8, 4) is 11.5 Å². The Labute approximate surface area is 182 Å². The highest BCUT2D eigenvalue weighted by Crippen LogP contribution is 2.26. The molecule has 1 atom stereocenters. The summed E-state index contributed by atoms with van der Waals surface area (Å²) in [6.45, 7) is 7.10. The van der Waals surface area contributed by atoms with Crippen LogP contribution in [0.2, 0.25) is 0 Å². The Morgan fingerprint density at radius 1 is 1.13 bits per heavy atom. The molecule has 1 fully saturated rings. The highest BCUT2D eigenvalue weighted by molar-refractivity contribution is 5.95. The summed E-state index contributed by atoms with van der Waals surface area (Å²) >= 11 is 0. The van der Waals surface area contributed by atoms with Gasteiger partial charge in [0.05, 0.1) is 20.4 Å². The van der Waals surface area contributed by atoms with Gasteiger partial charge in [-0.2, -0.15) is 0 Å². The molecule has 0 saturated carbocycles. The van der Waals surface area contributed by atoms with Crippen molar-refractivity contribution in [2.75, 3.05) is 40.4 Å². The molecule has 9 heteroatoms. The first-order chi connectivity index (χ1) is 15.0. The van der Waals surface area contributed by atoms with E-state index in [0.29, 0.717) is 55.5 Å². The predicted octanol–water partition coefficient (Wildman–Crippen LogP) is 2.33. The number of carbonyl (C=O) groups is 2. The molecule has 0 bridgehead atoms. The summed E-state index contributed by atoms with van der Waals surface area (Å²) in [5, 5.41) is 8.19. The minimum Gasteiger partial charge on any atom is -0.497 e. The number of benzene rings is 1. The van der Waals surface area contributed by atoms with E-state index in [0.717, 1.165) is 12.8 Å². The standard InChI is InChI=1S/C22H31N5O4/c1-5-25(6-2)22(29)20-15-27(24-23-20)14-16-8-7-9-26(13-16)21(28)17-10-18(30-3)12-19(11-17)31-4/h10-12,15-16H,5-9,13-14H2,1-4H3/t16-/m1/s1. The van der Waals surface area contributed by atoms with Gasteiger partial charge in [-0.3, -0.25) is 14.3 Å². The summed E-state index contributed by atoms with van der Waals surface area (Å²) in [7, 11) is 3.13. The van der Waals surface area contributed by atoms with E-state index in [2.05, 4.69) is 10.3 Å². The average molecular weight is 430 g/mol. The fraction of sp³-hybridized carbons (Fsp3) is 0.545. The highest BCUT2D eigenvalue weighted by atomic mass is 16.5. The molecule has 1 aliphatic rings. The van der Waals surface area contributed by atoms with Crippen LogP contribution < -0.4 is 9.47 Å². The van der Waals surface area contributed by atoms with Crippen LogP contribution in [0.15, 0.2) is 24.4 Å². The molecule has 2 aromatic rings. The van der Waals surface area contributed by atoms with Gasteiger partial charge >= 0.3 is 0 Å². The fourth-order valence-electron chi connectivity index (χ4n) is 3.94. The Morgan fingerprint density at radius 2 is 1.81 bits per heavy atom. The smallest absolute Gasteiger partial charge is 0.276 e. The number of carbonyl (C=O) groups excluding carboxylic acids is 2. The van der Waals surface area contributed by atoms with E-state index >= 15 is 0 Å². The minimum absolute atomic E-state index is 0.0436. The van der Waals surface area contributed by atoms with Crippen LogP contribution in [-0.4, -0.2) is 77.0 Å². The van der Waals surface area contributed by atoms with Gasteiger partial charge in [0.15, 0.2) is 5.69 Å². The van der Waals surface area contributed by atoms with Crippen LogP contribution in [0.3, 0.4) is 0 Å². The van der Waals surface area contributed by atoms with Crippen molar-refractivity contribution < 1.29 is 19.1 Å². The topological polar surface area (TPSA) is 89.8 Å². The molecule has 2 amide bonds. The SMILES string of the molecule is CCN(CC)C(=O)c1cn(C[C@@H]2CCCN(C(=O)c3cc(OC)cc(OC)c3)C2)nn1. The maximum Gasteiger partial charge on any atom is 0.276 e. The molecular formula is C22H31N5O4. The van der Waals surface area contributed by atoms with Crippen molar-refractivity contribution in [3.63, 3.8) is 0 Å². The van der Waals surface area contributed by atoms with Crippen LogP contribution >= 0.6 is 0 Å². The summed E-state index contributed by atoms with van der Waals surface area (Å²) in [4.78, 5) is 29.1. The Kier molecular flexibility index (Phi) is 7.49. The third kappa shape index (κ3) is 5.34. The molecular weight excluding hydrogens is 398 g/mol. The Morgan fingerprint density at radius 3 is 2.42 bits per heavy atom. The first-order valence-electron chi connectivity index (χ1n) is 10.7. The first kappa shape index (κ1) is 22.6. The second-order valence-electron chi connectivity index (χ2n) is 7.66. The molecule has 1 saturated heterocycles. The number of hydrogen-bond donors (Lipinski definition) is 0. The summed E-state index contributed by atoms with van der Waals surface area (Å²) in [5.41, 5.74) is 0.903. The van der Waals surface area contributed by atoms with Gasteiger partial charge in [0.2, 0.25) is 0 Å². The van der Waals surface area contributed by atoms with Crippen LogP contribution in [0.4, 0.5) is 0 Å². The molecule has 31 heavy (non-hydrogen) atoms. The van der Waals surface area contributed by atoms with Crippen molar-refractivity contribution >= 4 is 11.8 Å². The number of rotatable bonds is 8. The second kappa shape index (κ2) is 10.3. The minimum atomic E-state index is -0.108. The summed E-state index contributed by atoms with van der Waals surface area (Å²) in [6.07, 6.45) is 3.61. The zero-order valence-electron chi connectivity index (χ0n) is 18.7. The van der Waals surface area contributed by atoms with E-state index in [1.54, 1.807) is 48.2 Å². The Balaban J connectivity index is 1.66. The van der Waals surface area contributed by atoms with Crippen LogP contribution in [-0.2, 0) is 6.54 Å². The molecule has 1 aromatic carbocycles. The van der Waals surface area contributed by atoms with E-state index in [1.165, 1.54) is 0 Å². The summed E-state index contributed by atoms with van der Waals surface area (Å²) in [5.74, 6) is 1.26. The van der Waals surface area contributed by atoms with Crippen molar-refractivity contribution in [1.29, 1.82) is 0 Å². The van der Waals surface area contributed by atoms with E-state index in [9.17, 15) is 9.59 Å². The zero-order chi connectivity index (χ0) is 22.4. The third-order valence-corrected chi connectivity index (χ3v) is 5.66. The van der Waals surface area contributed by atoms with Crippen molar-refractivity contribution in [2.45, 2.75) is 33.2 Å². The van der Waals surface area contributed by atoms with Crippen molar-refractivity contribution in [1.82, 2.24) is 24.8 Å². The molecule has 0 aliphatic carbocycles. The molecule has 1 aromatic heterocycles. The number of aromatic nitrogens is 3. The van der Waals surface area contributed by atoms with Crippen LogP contribution in [0.1, 0.15) is 47.5 Å². The van der Waals surface area contributed by atoms with Crippen LogP contribution in [0, 0.1) is 5.92 Å². The average Bonchev–Trinajstić information content (AvgIpc) is 3.27. The molecule has 0 N–H and O–H groups in total. The normalized spacial score (nSPS) is 16.1. The number of methoxy groups -OCH3 is 2. The first-order valence-corrected chi connectivity index (χ1v) is 10.7. The molecule has 0 radical (unpaired) electrons. The van der Waals surface area contributed by atoms with Crippen LogP contribution in [0.5, 0.6) is 11.5 Å². The van der Waals surface area contributed by atoms with E-state index < -0.39 is 0 Å². The van der Waals surface area contributed by atoms with Crippen molar-refractivity contribution in [3.05, 3.63) is 35.7 Å². The highest BCUT2D eigenvalue weighted by Gasteiger charge is 2.26. The number of ether oxygens (including phenoxy) is 2. The van der Waals surface area contributed by atoms with Gasteiger partial charge in [-0.25, -0.2) is 0 Å². The van der Waals surface area contributed by atoms with Crippen LogP contribution in [0.25, 0.3) is 0 Å². The summed E-state index contributed by atoms with van der Waals surface area (Å²) < 4.78 is 12.3. The predicted molar refractivity (Wildman–Crippen MR) is 115 cm³/mol. The van der Waals surface area contributed by atoms with Gasteiger partial charge in [-0.1, -0.05) is 5.21 Å². The molecule has 0 spiro atoms. The lowest BCUT2D eigenvalue weighted by Crippen LogP contribution is -2.41. The Hall–Kier alpha value is -3.10. The quantitative estimate of drug-likeness (QED) is 0.640. The lowest BCUT2D eigenvalue weighted by molar-refractivity contribution is 0.0658. The fourth-order valence-corrected chi connectivity index (χ4v) is 3.94. The Bertz CT molecular complexity index is 887. The number of nitrogens with zero attached hydrogens (tertiary/aromatic N) is 5. The van der Waals surface area contributed by atoms with Gasteiger partial charge in [0.1, 0.15) is 11.5 Å². The molecule has 0 unspecified atom stereocenters. The molecule has 168 valence electrons. The second-order valence-corrected chi connectivity index (χ2v) is 7.66. The number of piperidine rings is 1. The van der Waals surface area contributed by atoms with Crippen molar-refractivity contribution in [2.24, 2.45) is 5.92 Å².